The Hall–Kier alpha value is -2.08. The summed E-state index contributed by atoms with van der Waals surface area (Å²) in [7, 11) is 0. The third-order valence-corrected chi connectivity index (χ3v) is 3.88. The quantitative estimate of drug-likeness (QED) is 0.604. The van der Waals surface area contributed by atoms with Crippen LogP contribution in [0.4, 0.5) is 0 Å². The topological polar surface area (TPSA) is 0 Å². The van der Waals surface area contributed by atoms with E-state index in [2.05, 4.69) is 74.5 Å². The highest BCUT2D eigenvalue weighted by Crippen LogP contribution is 2.19. The molecular formula is C20H20. The minimum absolute atomic E-state index is 1.10. The molecule has 0 bridgehead atoms. The van der Waals surface area contributed by atoms with Gasteiger partial charge in [-0.1, -0.05) is 71.8 Å². The maximum atomic E-state index is 2.33. The van der Waals surface area contributed by atoms with Gasteiger partial charge in [-0.3, -0.25) is 0 Å². The molecule has 0 saturated heterocycles. The number of rotatable bonds is 3. The summed E-state index contributed by atoms with van der Waals surface area (Å²) >= 11 is 0. The van der Waals surface area contributed by atoms with E-state index in [1.54, 1.807) is 0 Å². The lowest BCUT2D eigenvalue weighted by molar-refractivity contribution is 0.961. The monoisotopic (exact) mass is 260 g/mol. The Labute approximate surface area is 121 Å². The third kappa shape index (κ3) is 2.91. The van der Waals surface area contributed by atoms with E-state index in [1.165, 1.54) is 33.0 Å². The highest BCUT2D eigenvalue weighted by Gasteiger charge is 1.99. The van der Waals surface area contributed by atoms with Crippen molar-refractivity contribution in [2.75, 3.05) is 0 Å². The molecule has 0 amide bonds. The normalized spacial score (nSPS) is 10.9. The maximum Gasteiger partial charge on any atom is -0.0179 e. The van der Waals surface area contributed by atoms with Gasteiger partial charge in [0.05, 0.1) is 0 Å². The summed E-state index contributed by atoms with van der Waals surface area (Å²) < 4.78 is 0. The SMILES string of the molecule is Cc1ccc(CCc2ccc3ccc(C)cc3c2)cc1. The van der Waals surface area contributed by atoms with Gasteiger partial charge in [0, 0.05) is 0 Å². The standard InChI is InChI=1S/C20H20/c1-15-3-6-17(7-4-15)8-9-18-10-12-19-11-5-16(2)13-20(19)14-18/h3-7,10-14H,8-9H2,1-2H3. The summed E-state index contributed by atoms with van der Waals surface area (Å²) in [6.07, 6.45) is 2.21. The van der Waals surface area contributed by atoms with E-state index in [0.29, 0.717) is 0 Å². The molecule has 0 atom stereocenters. The molecular weight excluding hydrogens is 240 g/mol. The Morgan fingerprint density at radius 2 is 1.15 bits per heavy atom. The van der Waals surface area contributed by atoms with Crippen molar-refractivity contribution in [2.45, 2.75) is 26.7 Å². The molecule has 0 unspecified atom stereocenters. The van der Waals surface area contributed by atoms with E-state index in [9.17, 15) is 0 Å². The molecule has 3 aromatic rings. The molecule has 0 heteroatoms. The first-order valence-corrected chi connectivity index (χ1v) is 7.25. The van der Waals surface area contributed by atoms with Crippen LogP contribution in [0.25, 0.3) is 10.8 Å². The molecule has 0 saturated carbocycles. The molecule has 0 aliphatic heterocycles. The predicted molar refractivity (Wildman–Crippen MR) is 87.3 cm³/mol. The molecule has 3 rings (SSSR count). The summed E-state index contributed by atoms with van der Waals surface area (Å²) in [5.41, 5.74) is 5.49. The van der Waals surface area contributed by atoms with Gasteiger partial charge in [0.15, 0.2) is 0 Å². The Balaban J connectivity index is 1.78. The van der Waals surface area contributed by atoms with Crippen molar-refractivity contribution in [2.24, 2.45) is 0 Å². The summed E-state index contributed by atoms with van der Waals surface area (Å²) in [4.78, 5) is 0. The van der Waals surface area contributed by atoms with Crippen LogP contribution in [0.3, 0.4) is 0 Å². The van der Waals surface area contributed by atoms with Crippen molar-refractivity contribution in [3.8, 4) is 0 Å². The predicted octanol–water partition coefficient (Wildman–Crippen LogP) is 5.24. The van der Waals surface area contributed by atoms with Crippen LogP contribution in [0.15, 0.2) is 60.7 Å². The van der Waals surface area contributed by atoms with Crippen molar-refractivity contribution in [3.63, 3.8) is 0 Å². The van der Waals surface area contributed by atoms with E-state index < -0.39 is 0 Å². The molecule has 0 aliphatic carbocycles. The van der Waals surface area contributed by atoms with Crippen LogP contribution >= 0.6 is 0 Å². The van der Waals surface area contributed by atoms with Crippen molar-refractivity contribution in [1.29, 1.82) is 0 Å². The lowest BCUT2D eigenvalue weighted by Gasteiger charge is -2.05. The van der Waals surface area contributed by atoms with E-state index in [0.717, 1.165) is 12.8 Å². The Morgan fingerprint density at radius 3 is 1.95 bits per heavy atom. The summed E-state index contributed by atoms with van der Waals surface area (Å²) in [6, 6.07) is 22.3. The highest BCUT2D eigenvalue weighted by molar-refractivity contribution is 5.83. The van der Waals surface area contributed by atoms with Crippen molar-refractivity contribution < 1.29 is 0 Å². The molecule has 100 valence electrons. The van der Waals surface area contributed by atoms with E-state index >= 15 is 0 Å². The smallest absolute Gasteiger partial charge is 0.0179 e. The summed E-state index contributed by atoms with van der Waals surface area (Å²) in [5.74, 6) is 0. The fourth-order valence-electron chi connectivity index (χ4n) is 2.61. The lowest BCUT2D eigenvalue weighted by atomic mass is 10.00. The fraction of sp³-hybridized carbons (Fsp3) is 0.200. The molecule has 0 heterocycles. The second-order valence-electron chi connectivity index (χ2n) is 5.67. The number of hydrogen-bond donors (Lipinski definition) is 0. The Morgan fingerprint density at radius 1 is 0.550 bits per heavy atom. The molecule has 0 nitrogen and oxygen atoms in total. The van der Waals surface area contributed by atoms with Gasteiger partial charge in [0.2, 0.25) is 0 Å². The number of aryl methyl sites for hydroxylation is 4. The van der Waals surface area contributed by atoms with Crippen LogP contribution in [0.5, 0.6) is 0 Å². The first-order valence-electron chi connectivity index (χ1n) is 7.25. The van der Waals surface area contributed by atoms with Crippen LogP contribution < -0.4 is 0 Å². The largest absolute Gasteiger partial charge is 0.0591 e. The number of fused-ring (bicyclic) bond motifs is 1. The zero-order chi connectivity index (χ0) is 13.9. The highest BCUT2D eigenvalue weighted by atomic mass is 14.0. The van der Waals surface area contributed by atoms with Crippen molar-refractivity contribution in [1.82, 2.24) is 0 Å². The van der Waals surface area contributed by atoms with Crippen LogP contribution in [0.2, 0.25) is 0 Å². The molecule has 20 heavy (non-hydrogen) atoms. The van der Waals surface area contributed by atoms with Crippen LogP contribution in [0, 0.1) is 13.8 Å². The molecule has 0 radical (unpaired) electrons. The zero-order valence-electron chi connectivity index (χ0n) is 12.2. The third-order valence-electron chi connectivity index (χ3n) is 3.88. The molecule has 0 aliphatic rings. The van der Waals surface area contributed by atoms with Crippen LogP contribution in [0.1, 0.15) is 22.3 Å². The van der Waals surface area contributed by atoms with E-state index in [1.807, 2.05) is 0 Å². The molecule has 0 fully saturated rings. The number of hydrogen-bond acceptors (Lipinski definition) is 0. The van der Waals surface area contributed by atoms with Crippen LogP contribution in [-0.2, 0) is 12.8 Å². The molecule has 3 aromatic carbocycles. The van der Waals surface area contributed by atoms with Gasteiger partial charge in [0.25, 0.3) is 0 Å². The van der Waals surface area contributed by atoms with E-state index in [-0.39, 0.29) is 0 Å². The first-order chi connectivity index (χ1) is 9.70. The maximum absolute atomic E-state index is 2.33. The molecule has 0 aromatic heterocycles. The second kappa shape index (κ2) is 5.50. The lowest BCUT2D eigenvalue weighted by Crippen LogP contribution is -1.91. The summed E-state index contributed by atoms with van der Waals surface area (Å²) in [5, 5.41) is 2.68. The van der Waals surface area contributed by atoms with Gasteiger partial charge in [-0.2, -0.15) is 0 Å². The average molecular weight is 260 g/mol. The Kier molecular flexibility index (Phi) is 3.56. The zero-order valence-corrected chi connectivity index (χ0v) is 12.2. The minimum Gasteiger partial charge on any atom is -0.0591 e. The van der Waals surface area contributed by atoms with Gasteiger partial charge in [-0.25, -0.2) is 0 Å². The minimum atomic E-state index is 1.10. The van der Waals surface area contributed by atoms with Crippen molar-refractivity contribution >= 4 is 10.8 Å². The van der Waals surface area contributed by atoms with Gasteiger partial charge in [0.1, 0.15) is 0 Å². The first kappa shape index (κ1) is 12.9. The van der Waals surface area contributed by atoms with Gasteiger partial charge in [-0.05, 0) is 48.6 Å². The average Bonchev–Trinajstić information content (AvgIpc) is 2.46. The second-order valence-corrected chi connectivity index (χ2v) is 5.67. The van der Waals surface area contributed by atoms with Gasteiger partial charge in [-0.15, -0.1) is 0 Å². The molecule has 0 N–H and O–H groups in total. The van der Waals surface area contributed by atoms with Crippen LogP contribution in [-0.4, -0.2) is 0 Å². The fourth-order valence-corrected chi connectivity index (χ4v) is 2.61. The van der Waals surface area contributed by atoms with Gasteiger partial charge < -0.3 is 0 Å². The van der Waals surface area contributed by atoms with Gasteiger partial charge >= 0.3 is 0 Å². The Bertz CT molecular complexity index is 721. The van der Waals surface area contributed by atoms with E-state index in [4.69, 9.17) is 0 Å². The summed E-state index contributed by atoms with van der Waals surface area (Å²) in [6.45, 7) is 4.29. The molecule has 0 spiro atoms. The van der Waals surface area contributed by atoms with Crippen molar-refractivity contribution in [3.05, 3.63) is 82.9 Å². The number of benzene rings is 3.